The standard InChI is InChI=1S/C45H26N4OS/c1-2-11-27(12-3-1)43-46-44(48-45(47-43)35-17-10-16-34-33-15-6-9-20-41(33)51-42(34)35)28-21-23-32-36-26-29(22-24-39(36)50-40(32)25-28)49-37-18-7-4-13-30(37)31-14-5-8-19-38(31)49/h1-26H. The maximum Gasteiger partial charge on any atom is 0.165 e. The predicted molar refractivity (Wildman–Crippen MR) is 211 cm³/mol. The summed E-state index contributed by atoms with van der Waals surface area (Å²) in [6, 6.07) is 55.0. The van der Waals surface area contributed by atoms with Crippen LogP contribution in [0.1, 0.15) is 0 Å². The third-order valence-electron chi connectivity index (χ3n) is 9.86. The topological polar surface area (TPSA) is 56.7 Å². The molecule has 0 bridgehead atoms. The molecule has 238 valence electrons. The molecule has 0 saturated carbocycles. The minimum absolute atomic E-state index is 0.602. The minimum Gasteiger partial charge on any atom is -0.456 e. The first kappa shape index (κ1) is 28.2. The van der Waals surface area contributed by atoms with Gasteiger partial charge in [0.05, 0.1) is 11.0 Å². The van der Waals surface area contributed by atoms with Crippen LogP contribution in [-0.2, 0) is 0 Å². The van der Waals surface area contributed by atoms with Gasteiger partial charge in [-0.3, -0.25) is 0 Å². The maximum absolute atomic E-state index is 6.50. The van der Waals surface area contributed by atoms with E-state index in [1.165, 1.54) is 42.0 Å². The van der Waals surface area contributed by atoms with E-state index in [0.29, 0.717) is 17.5 Å². The van der Waals surface area contributed by atoms with Crippen molar-refractivity contribution in [2.24, 2.45) is 0 Å². The molecule has 0 spiro atoms. The molecule has 0 atom stereocenters. The van der Waals surface area contributed by atoms with Crippen molar-refractivity contribution in [2.75, 3.05) is 0 Å². The molecule has 4 aromatic heterocycles. The number of para-hydroxylation sites is 2. The van der Waals surface area contributed by atoms with Crippen molar-refractivity contribution in [1.82, 2.24) is 19.5 Å². The van der Waals surface area contributed by atoms with Crippen LogP contribution < -0.4 is 0 Å². The molecule has 5 nitrogen and oxygen atoms in total. The number of thiophene rings is 1. The lowest BCUT2D eigenvalue weighted by Gasteiger charge is -2.09. The van der Waals surface area contributed by atoms with E-state index < -0.39 is 0 Å². The van der Waals surface area contributed by atoms with Crippen LogP contribution in [0.25, 0.3) is 104 Å². The molecule has 11 aromatic rings. The Kier molecular flexibility index (Phi) is 6.05. The Hall–Kier alpha value is -6.63. The molecule has 51 heavy (non-hydrogen) atoms. The van der Waals surface area contributed by atoms with Crippen molar-refractivity contribution in [1.29, 1.82) is 0 Å². The van der Waals surface area contributed by atoms with E-state index in [1.807, 2.05) is 30.3 Å². The summed E-state index contributed by atoms with van der Waals surface area (Å²) in [4.78, 5) is 15.2. The number of rotatable bonds is 4. The zero-order valence-electron chi connectivity index (χ0n) is 27.1. The molecular formula is C45H26N4OS. The highest BCUT2D eigenvalue weighted by atomic mass is 32.1. The second kappa shape index (κ2) is 10.9. The first-order valence-electron chi connectivity index (χ1n) is 16.9. The van der Waals surface area contributed by atoms with Crippen molar-refractivity contribution in [3.05, 3.63) is 158 Å². The number of fused-ring (bicyclic) bond motifs is 9. The monoisotopic (exact) mass is 670 g/mol. The molecule has 0 aliphatic rings. The second-order valence-corrected chi connectivity index (χ2v) is 13.9. The average molecular weight is 671 g/mol. The van der Waals surface area contributed by atoms with Crippen LogP contribution >= 0.6 is 11.3 Å². The summed E-state index contributed by atoms with van der Waals surface area (Å²) in [6.07, 6.45) is 0. The second-order valence-electron chi connectivity index (χ2n) is 12.8. The first-order chi connectivity index (χ1) is 25.3. The highest BCUT2D eigenvalue weighted by Crippen LogP contribution is 2.40. The van der Waals surface area contributed by atoms with E-state index in [9.17, 15) is 0 Å². The number of hydrogen-bond acceptors (Lipinski definition) is 5. The fraction of sp³-hybridized carbons (Fsp3) is 0. The van der Waals surface area contributed by atoms with Crippen LogP contribution in [0, 0.1) is 0 Å². The number of benzene rings is 7. The summed E-state index contributed by atoms with van der Waals surface area (Å²) in [5.41, 5.74) is 7.88. The van der Waals surface area contributed by atoms with Crippen LogP contribution in [0.4, 0.5) is 0 Å². The number of furan rings is 1. The zero-order chi connectivity index (χ0) is 33.5. The van der Waals surface area contributed by atoms with Crippen molar-refractivity contribution < 1.29 is 4.42 Å². The molecule has 0 N–H and O–H groups in total. The van der Waals surface area contributed by atoms with Gasteiger partial charge in [-0.25, -0.2) is 15.0 Å². The third-order valence-corrected chi connectivity index (χ3v) is 11.1. The lowest BCUT2D eigenvalue weighted by molar-refractivity contribution is 0.669. The Balaban J connectivity index is 1.08. The molecule has 0 aliphatic carbocycles. The largest absolute Gasteiger partial charge is 0.456 e. The minimum atomic E-state index is 0.602. The van der Waals surface area contributed by atoms with Crippen LogP contribution in [0.3, 0.4) is 0 Å². The van der Waals surface area contributed by atoms with E-state index in [4.69, 9.17) is 19.4 Å². The fourth-order valence-electron chi connectivity index (χ4n) is 7.51. The van der Waals surface area contributed by atoms with E-state index in [-0.39, 0.29) is 0 Å². The highest BCUT2D eigenvalue weighted by molar-refractivity contribution is 7.26. The van der Waals surface area contributed by atoms with Gasteiger partial charge < -0.3 is 8.98 Å². The van der Waals surface area contributed by atoms with Crippen molar-refractivity contribution >= 4 is 75.3 Å². The number of aromatic nitrogens is 4. The van der Waals surface area contributed by atoms with Gasteiger partial charge in [0.2, 0.25) is 0 Å². The summed E-state index contributed by atoms with van der Waals surface area (Å²) in [7, 11) is 0. The lowest BCUT2D eigenvalue weighted by atomic mass is 10.1. The fourth-order valence-corrected chi connectivity index (χ4v) is 8.72. The molecule has 11 rings (SSSR count). The van der Waals surface area contributed by atoms with Gasteiger partial charge in [-0.05, 0) is 54.6 Å². The summed E-state index contributed by atoms with van der Waals surface area (Å²) >= 11 is 1.77. The Morgan fingerprint density at radius 2 is 1.10 bits per heavy atom. The van der Waals surface area contributed by atoms with Crippen LogP contribution in [0.2, 0.25) is 0 Å². The Bertz CT molecular complexity index is 3100. The molecule has 0 amide bonds. The molecule has 6 heteroatoms. The van der Waals surface area contributed by atoms with Crippen LogP contribution in [-0.4, -0.2) is 19.5 Å². The average Bonchev–Trinajstić information content (AvgIpc) is 3.87. The van der Waals surface area contributed by atoms with Gasteiger partial charge in [0.25, 0.3) is 0 Å². The smallest absolute Gasteiger partial charge is 0.165 e. The third kappa shape index (κ3) is 4.37. The van der Waals surface area contributed by atoms with Crippen molar-refractivity contribution in [3.63, 3.8) is 0 Å². The van der Waals surface area contributed by atoms with Gasteiger partial charge in [-0.2, -0.15) is 0 Å². The molecule has 4 heterocycles. The molecule has 0 saturated heterocycles. The molecule has 0 aliphatic heterocycles. The quantitative estimate of drug-likeness (QED) is 0.187. The zero-order valence-corrected chi connectivity index (χ0v) is 27.9. The van der Waals surface area contributed by atoms with Gasteiger partial charge in [-0.1, -0.05) is 103 Å². The Morgan fingerprint density at radius 3 is 1.90 bits per heavy atom. The number of nitrogens with zero attached hydrogens (tertiary/aromatic N) is 4. The van der Waals surface area contributed by atoms with Crippen molar-refractivity contribution in [2.45, 2.75) is 0 Å². The Morgan fingerprint density at radius 1 is 0.431 bits per heavy atom. The van der Waals surface area contributed by atoms with Gasteiger partial charge in [0.15, 0.2) is 17.5 Å². The molecule has 0 fully saturated rings. The van der Waals surface area contributed by atoms with E-state index in [1.54, 1.807) is 11.3 Å². The molecule has 0 radical (unpaired) electrons. The van der Waals surface area contributed by atoms with E-state index in [0.717, 1.165) is 44.3 Å². The SMILES string of the molecule is c1ccc(-c2nc(-c3ccc4c(c3)oc3ccc(-n5c6ccccc6c6ccccc65)cc34)nc(-c3cccc4c3sc3ccccc34)n2)cc1. The molecule has 7 aromatic carbocycles. The maximum atomic E-state index is 6.50. The lowest BCUT2D eigenvalue weighted by Crippen LogP contribution is -2.00. The summed E-state index contributed by atoms with van der Waals surface area (Å²) in [6.45, 7) is 0. The van der Waals surface area contributed by atoms with Gasteiger partial charge in [0, 0.05) is 64.1 Å². The summed E-state index contributed by atoms with van der Waals surface area (Å²) < 4.78 is 11.3. The molecular weight excluding hydrogens is 645 g/mol. The summed E-state index contributed by atoms with van der Waals surface area (Å²) in [5, 5.41) is 7.04. The normalized spacial score (nSPS) is 11.9. The van der Waals surface area contributed by atoms with E-state index >= 15 is 0 Å². The molecule has 0 unspecified atom stereocenters. The van der Waals surface area contributed by atoms with Gasteiger partial charge >= 0.3 is 0 Å². The van der Waals surface area contributed by atoms with Crippen LogP contribution in [0.15, 0.2) is 162 Å². The van der Waals surface area contributed by atoms with Crippen molar-refractivity contribution in [3.8, 4) is 39.9 Å². The first-order valence-corrected chi connectivity index (χ1v) is 17.8. The highest BCUT2D eigenvalue weighted by Gasteiger charge is 2.18. The predicted octanol–water partition coefficient (Wildman–Crippen LogP) is 12.2. The van der Waals surface area contributed by atoms with E-state index in [2.05, 4.69) is 132 Å². The van der Waals surface area contributed by atoms with Crippen LogP contribution in [0.5, 0.6) is 0 Å². The summed E-state index contributed by atoms with van der Waals surface area (Å²) in [5.74, 6) is 1.89. The Labute approximate surface area is 295 Å². The van der Waals surface area contributed by atoms with Gasteiger partial charge in [-0.15, -0.1) is 11.3 Å². The van der Waals surface area contributed by atoms with Gasteiger partial charge in [0.1, 0.15) is 11.2 Å². The number of hydrogen-bond donors (Lipinski definition) is 0.